The Kier molecular flexibility index (Phi) is 4.50. The van der Waals surface area contributed by atoms with Crippen molar-refractivity contribution in [1.82, 2.24) is 9.91 Å². The Labute approximate surface area is 184 Å². The van der Waals surface area contributed by atoms with Crippen LogP contribution in [0.2, 0.25) is 0 Å². The average molecular weight is 412 g/mol. The molecule has 0 aliphatic carbocycles. The summed E-state index contributed by atoms with van der Waals surface area (Å²) >= 11 is 0. The fourth-order valence-electron chi connectivity index (χ4n) is 5.64. The van der Waals surface area contributed by atoms with Gasteiger partial charge in [0, 0.05) is 43.5 Å². The fourth-order valence-corrected chi connectivity index (χ4v) is 5.64. The second-order valence-electron chi connectivity index (χ2n) is 9.07. The molecule has 3 aromatic rings. The molecule has 0 bridgehead atoms. The highest BCUT2D eigenvalue weighted by Gasteiger charge is 2.51. The Morgan fingerprint density at radius 1 is 0.968 bits per heavy atom. The standard InChI is InChI=1S/C27H29N3O/c1-2-16-29-17-14-27(15-18-29)30-25(23-11-5-6-13-26(23)31-27)19-24(28-30)22-12-7-9-20-8-3-4-10-21(20)22/h3-13,25H,2,14-19H2,1H3/t25-/m1/s1. The van der Waals surface area contributed by atoms with E-state index in [4.69, 9.17) is 9.84 Å². The fraction of sp³-hybridized carbons (Fsp3) is 0.370. The minimum absolute atomic E-state index is 0.247. The molecular weight excluding hydrogens is 382 g/mol. The molecule has 4 heteroatoms. The summed E-state index contributed by atoms with van der Waals surface area (Å²) in [6.45, 7) is 5.56. The van der Waals surface area contributed by atoms with Gasteiger partial charge in [0.2, 0.25) is 5.72 Å². The molecule has 0 saturated carbocycles. The lowest BCUT2D eigenvalue weighted by Crippen LogP contribution is -2.59. The Bertz CT molecular complexity index is 1140. The zero-order valence-corrected chi connectivity index (χ0v) is 18.1. The van der Waals surface area contributed by atoms with E-state index in [2.05, 4.69) is 83.6 Å². The maximum atomic E-state index is 6.76. The van der Waals surface area contributed by atoms with Gasteiger partial charge in [0.25, 0.3) is 0 Å². The van der Waals surface area contributed by atoms with Gasteiger partial charge in [0.15, 0.2) is 0 Å². The normalized spacial score (nSPS) is 22.2. The Morgan fingerprint density at radius 2 is 1.74 bits per heavy atom. The van der Waals surface area contributed by atoms with Crippen LogP contribution in [0.3, 0.4) is 0 Å². The Hall–Kier alpha value is -2.85. The van der Waals surface area contributed by atoms with E-state index in [1.54, 1.807) is 0 Å². The van der Waals surface area contributed by atoms with Gasteiger partial charge in [-0.15, -0.1) is 0 Å². The highest BCUT2D eigenvalue weighted by Crippen LogP contribution is 2.50. The van der Waals surface area contributed by atoms with Crippen LogP contribution in [0, 0.1) is 0 Å². The molecule has 3 aromatic carbocycles. The molecule has 6 rings (SSSR count). The quantitative estimate of drug-likeness (QED) is 0.563. The van der Waals surface area contributed by atoms with Crippen LogP contribution in [-0.4, -0.2) is 41.0 Å². The molecule has 31 heavy (non-hydrogen) atoms. The predicted octanol–water partition coefficient (Wildman–Crippen LogP) is 5.59. The highest BCUT2D eigenvalue weighted by atomic mass is 16.5. The molecule has 0 amide bonds. The number of nitrogens with zero attached hydrogens (tertiary/aromatic N) is 3. The lowest BCUT2D eigenvalue weighted by atomic mass is 9.90. The van der Waals surface area contributed by atoms with Crippen molar-refractivity contribution in [3.63, 3.8) is 0 Å². The Morgan fingerprint density at radius 3 is 2.61 bits per heavy atom. The highest BCUT2D eigenvalue weighted by molar-refractivity contribution is 6.11. The van der Waals surface area contributed by atoms with Gasteiger partial charge in [-0.1, -0.05) is 67.6 Å². The molecule has 1 spiro atoms. The van der Waals surface area contributed by atoms with E-state index in [1.165, 1.54) is 40.6 Å². The van der Waals surface area contributed by atoms with Gasteiger partial charge in [-0.25, -0.2) is 5.01 Å². The summed E-state index contributed by atoms with van der Waals surface area (Å²) in [4.78, 5) is 2.57. The lowest BCUT2D eigenvalue weighted by molar-refractivity contribution is -0.149. The maximum Gasteiger partial charge on any atom is 0.200 e. The van der Waals surface area contributed by atoms with Gasteiger partial charge in [-0.2, -0.15) is 5.10 Å². The van der Waals surface area contributed by atoms with E-state index in [9.17, 15) is 0 Å². The van der Waals surface area contributed by atoms with Crippen LogP contribution in [0.5, 0.6) is 5.75 Å². The smallest absolute Gasteiger partial charge is 0.200 e. The van der Waals surface area contributed by atoms with Crippen molar-refractivity contribution >= 4 is 16.5 Å². The van der Waals surface area contributed by atoms with Gasteiger partial charge in [0.1, 0.15) is 5.75 Å². The van der Waals surface area contributed by atoms with E-state index in [1.807, 2.05) is 0 Å². The molecular formula is C27H29N3O. The van der Waals surface area contributed by atoms with Gasteiger partial charge in [-0.05, 0) is 29.8 Å². The van der Waals surface area contributed by atoms with Gasteiger partial charge < -0.3 is 9.64 Å². The molecule has 4 nitrogen and oxygen atoms in total. The third-order valence-corrected chi connectivity index (χ3v) is 7.18. The molecule has 0 aromatic heterocycles. The third kappa shape index (κ3) is 3.04. The molecule has 3 heterocycles. The summed E-state index contributed by atoms with van der Waals surface area (Å²) in [5.41, 5.74) is 3.36. The summed E-state index contributed by atoms with van der Waals surface area (Å²) in [5.74, 6) is 1.04. The first-order valence-corrected chi connectivity index (χ1v) is 11.6. The molecule has 3 aliphatic heterocycles. The van der Waals surface area contributed by atoms with E-state index in [-0.39, 0.29) is 11.8 Å². The summed E-state index contributed by atoms with van der Waals surface area (Å²) in [6.07, 6.45) is 4.11. The molecule has 1 atom stereocenters. The number of piperidine rings is 1. The zero-order valence-electron chi connectivity index (χ0n) is 18.1. The average Bonchev–Trinajstić information content (AvgIpc) is 3.27. The van der Waals surface area contributed by atoms with Gasteiger partial charge >= 0.3 is 0 Å². The SMILES string of the molecule is CCCN1CCC2(CC1)Oc1ccccc1[C@H]1CC(c3cccc4ccccc34)=NN12. The third-order valence-electron chi connectivity index (χ3n) is 7.18. The zero-order chi connectivity index (χ0) is 20.8. The molecule has 1 saturated heterocycles. The second-order valence-corrected chi connectivity index (χ2v) is 9.07. The van der Waals surface area contributed by atoms with Crippen LogP contribution in [0.4, 0.5) is 0 Å². The summed E-state index contributed by atoms with van der Waals surface area (Å²) in [7, 11) is 0. The first-order chi connectivity index (χ1) is 15.3. The number of hydrogen-bond donors (Lipinski definition) is 0. The van der Waals surface area contributed by atoms with E-state index in [0.717, 1.165) is 38.1 Å². The van der Waals surface area contributed by atoms with Crippen molar-refractivity contribution < 1.29 is 4.74 Å². The van der Waals surface area contributed by atoms with Crippen molar-refractivity contribution in [1.29, 1.82) is 0 Å². The number of rotatable bonds is 3. The van der Waals surface area contributed by atoms with Gasteiger partial charge in [-0.3, -0.25) is 0 Å². The van der Waals surface area contributed by atoms with Crippen LogP contribution in [0.15, 0.2) is 71.8 Å². The van der Waals surface area contributed by atoms with Crippen LogP contribution >= 0.6 is 0 Å². The van der Waals surface area contributed by atoms with E-state index < -0.39 is 0 Å². The van der Waals surface area contributed by atoms with Crippen molar-refractivity contribution in [2.75, 3.05) is 19.6 Å². The predicted molar refractivity (Wildman–Crippen MR) is 125 cm³/mol. The van der Waals surface area contributed by atoms with Crippen LogP contribution in [-0.2, 0) is 0 Å². The first kappa shape index (κ1) is 18.9. The molecule has 158 valence electrons. The number of ether oxygens (including phenoxy) is 1. The van der Waals surface area contributed by atoms with Crippen LogP contribution in [0.1, 0.15) is 49.8 Å². The number of hydrazone groups is 1. The van der Waals surface area contributed by atoms with E-state index >= 15 is 0 Å². The summed E-state index contributed by atoms with van der Waals surface area (Å²) in [6, 6.07) is 24.0. The number of fused-ring (bicyclic) bond motifs is 5. The summed E-state index contributed by atoms with van der Waals surface area (Å²) in [5, 5.41) is 10.2. The molecule has 3 aliphatic rings. The maximum absolute atomic E-state index is 6.76. The van der Waals surface area contributed by atoms with Crippen molar-refractivity contribution in [2.24, 2.45) is 5.10 Å². The first-order valence-electron chi connectivity index (χ1n) is 11.6. The monoisotopic (exact) mass is 411 g/mol. The van der Waals surface area contributed by atoms with E-state index in [0.29, 0.717) is 0 Å². The lowest BCUT2D eigenvalue weighted by Gasteiger charge is -2.51. The Balaban J connectivity index is 1.42. The topological polar surface area (TPSA) is 28.1 Å². The largest absolute Gasteiger partial charge is 0.466 e. The van der Waals surface area contributed by atoms with Crippen molar-refractivity contribution in [3.8, 4) is 5.75 Å². The minimum Gasteiger partial charge on any atom is -0.466 e. The molecule has 0 radical (unpaired) electrons. The van der Waals surface area contributed by atoms with Crippen molar-refractivity contribution in [3.05, 3.63) is 77.9 Å². The summed E-state index contributed by atoms with van der Waals surface area (Å²) < 4.78 is 6.76. The second kappa shape index (κ2) is 7.38. The number of benzene rings is 3. The molecule has 1 fully saturated rings. The number of para-hydroxylation sites is 1. The van der Waals surface area contributed by atoms with Gasteiger partial charge in [0.05, 0.1) is 11.8 Å². The van der Waals surface area contributed by atoms with Crippen LogP contribution < -0.4 is 4.74 Å². The van der Waals surface area contributed by atoms with Crippen molar-refractivity contribution in [2.45, 2.75) is 44.4 Å². The minimum atomic E-state index is -0.338. The molecule has 0 N–H and O–H groups in total. The number of hydrogen-bond acceptors (Lipinski definition) is 4. The van der Waals surface area contributed by atoms with Crippen LogP contribution in [0.25, 0.3) is 10.8 Å². The molecule has 0 unspecified atom stereocenters. The number of likely N-dealkylation sites (tertiary alicyclic amines) is 1.